The molecule has 3 heterocycles. The van der Waals surface area contributed by atoms with Crippen molar-refractivity contribution < 1.29 is 13.9 Å². The Bertz CT molecular complexity index is 1100. The van der Waals surface area contributed by atoms with Crippen LogP contribution >= 0.6 is 0 Å². The van der Waals surface area contributed by atoms with E-state index in [0.717, 1.165) is 60.6 Å². The number of piperidine rings is 1. The molecule has 1 N–H and O–H groups in total. The molecule has 3 aromatic rings. The number of nitrogens with zero attached hydrogens (tertiary/aromatic N) is 1. The Morgan fingerprint density at radius 2 is 1.86 bits per heavy atom. The van der Waals surface area contributed by atoms with Crippen LogP contribution in [-0.4, -0.2) is 30.8 Å². The second-order valence-corrected chi connectivity index (χ2v) is 7.86. The summed E-state index contributed by atoms with van der Waals surface area (Å²) in [5.74, 6) is 1.66. The van der Waals surface area contributed by atoms with Crippen molar-refractivity contribution in [2.75, 3.05) is 25.2 Å². The van der Waals surface area contributed by atoms with Gasteiger partial charge in [-0.3, -0.25) is 4.90 Å². The van der Waals surface area contributed by atoms with Crippen LogP contribution in [0.4, 0.5) is 5.69 Å². The van der Waals surface area contributed by atoms with Crippen LogP contribution in [0.2, 0.25) is 0 Å². The highest BCUT2D eigenvalue weighted by molar-refractivity contribution is 5.90. The second kappa shape index (κ2) is 7.44. The van der Waals surface area contributed by atoms with E-state index in [1.165, 1.54) is 5.56 Å². The number of rotatable bonds is 4. The van der Waals surface area contributed by atoms with E-state index in [4.69, 9.17) is 13.9 Å². The molecule has 2 aromatic carbocycles. The average Bonchev–Trinajstić information content (AvgIpc) is 3.18. The van der Waals surface area contributed by atoms with Crippen LogP contribution in [-0.2, 0) is 6.54 Å². The highest BCUT2D eigenvalue weighted by Gasteiger charge is 2.21. The number of ether oxygens (including phenoxy) is 2. The number of aryl methyl sites for hydroxylation is 1. The number of benzene rings is 2. The summed E-state index contributed by atoms with van der Waals surface area (Å²) in [5, 5.41) is 4.55. The van der Waals surface area contributed by atoms with Gasteiger partial charge in [0.25, 0.3) is 0 Å². The van der Waals surface area contributed by atoms with Gasteiger partial charge < -0.3 is 19.2 Å². The molecule has 5 rings (SSSR count). The molecule has 2 aliphatic heterocycles. The minimum absolute atomic E-state index is 0.307. The molecule has 1 saturated heterocycles. The van der Waals surface area contributed by atoms with Crippen LogP contribution in [0.1, 0.15) is 24.0 Å². The maximum absolute atomic E-state index is 11.9. The number of fused-ring (bicyclic) bond motifs is 2. The van der Waals surface area contributed by atoms with Crippen LogP contribution in [0.3, 0.4) is 0 Å². The predicted octanol–water partition coefficient (Wildman–Crippen LogP) is 3.91. The van der Waals surface area contributed by atoms with Gasteiger partial charge in [-0.1, -0.05) is 17.7 Å². The van der Waals surface area contributed by atoms with Crippen LogP contribution in [0.25, 0.3) is 11.0 Å². The van der Waals surface area contributed by atoms with Gasteiger partial charge in [-0.2, -0.15) is 0 Å². The SMILES string of the molecule is Cc1ccc2oc(=O)cc(NC3CCN(Cc4ccc5c(c4)OCO5)CC3)c2c1. The first kappa shape index (κ1) is 18.1. The molecule has 1 fully saturated rings. The second-order valence-electron chi connectivity index (χ2n) is 7.86. The first-order valence-electron chi connectivity index (χ1n) is 10.1. The van der Waals surface area contributed by atoms with E-state index in [-0.39, 0.29) is 5.63 Å². The fourth-order valence-corrected chi connectivity index (χ4v) is 4.15. The van der Waals surface area contributed by atoms with Gasteiger partial charge in [0.2, 0.25) is 6.79 Å². The first-order chi connectivity index (χ1) is 14.1. The summed E-state index contributed by atoms with van der Waals surface area (Å²) in [5.41, 5.74) is 3.57. The summed E-state index contributed by atoms with van der Waals surface area (Å²) in [6.07, 6.45) is 2.05. The number of likely N-dealkylation sites (tertiary alicyclic amines) is 1. The monoisotopic (exact) mass is 392 g/mol. The zero-order valence-corrected chi connectivity index (χ0v) is 16.4. The predicted molar refractivity (Wildman–Crippen MR) is 112 cm³/mol. The van der Waals surface area contributed by atoms with Gasteiger partial charge in [-0.05, 0) is 49.6 Å². The zero-order chi connectivity index (χ0) is 19.8. The van der Waals surface area contributed by atoms with Gasteiger partial charge in [0.1, 0.15) is 5.58 Å². The molecule has 1 aromatic heterocycles. The molecule has 0 spiro atoms. The summed E-state index contributed by atoms with van der Waals surface area (Å²) in [6.45, 7) is 5.26. The summed E-state index contributed by atoms with van der Waals surface area (Å²) < 4.78 is 16.2. The molecule has 0 aliphatic carbocycles. The van der Waals surface area contributed by atoms with Crippen LogP contribution < -0.4 is 20.4 Å². The van der Waals surface area contributed by atoms with Gasteiger partial charge in [0.15, 0.2) is 11.5 Å². The van der Waals surface area contributed by atoms with E-state index in [2.05, 4.69) is 28.4 Å². The van der Waals surface area contributed by atoms with Crippen molar-refractivity contribution in [1.82, 2.24) is 4.90 Å². The van der Waals surface area contributed by atoms with Crippen LogP contribution in [0, 0.1) is 6.92 Å². The van der Waals surface area contributed by atoms with E-state index in [1.807, 2.05) is 25.1 Å². The molecule has 0 atom stereocenters. The molecule has 0 saturated carbocycles. The molecule has 2 aliphatic rings. The van der Waals surface area contributed by atoms with E-state index in [1.54, 1.807) is 6.07 Å². The van der Waals surface area contributed by atoms with Crippen molar-refractivity contribution in [2.24, 2.45) is 0 Å². The zero-order valence-electron chi connectivity index (χ0n) is 16.4. The summed E-state index contributed by atoms with van der Waals surface area (Å²) >= 11 is 0. The summed E-state index contributed by atoms with van der Waals surface area (Å²) in [7, 11) is 0. The van der Waals surface area contributed by atoms with Gasteiger partial charge in [-0.25, -0.2) is 4.79 Å². The standard InChI is InChI=1S/C23H24N2O4/c1-15-2-4-20-18(10-15)19(12-23(26)29-20)24-17-6-8-25(9-7-17)13-16-3-5-21-22(11-16)28-14-27-21/h2-5,10-12,17,24H,6-9,13-14H2,1H3. The molecule has 29 heavy (non-hydrogen) atoms. The third kappa shape index (κ3) is 3.80. The van der Waals surface area contributed by atoms with E-state index in [9.17, 15) is 4.79 Å². The van der Waals surface area contributed by atoms with Crippen molar-refractivity contribution in [1.29, 1.82) is 0 Å². The Morgan fingerprint density at radius 3 is 2.72 bits per heavy atom. The third-order valence-corrected chi connectivity index (χ3v) is 5.69. The largest absolute Gasteiger partial charge is 0.454 e. The normalized spacial score (nSPS) is 17.0. The summed E-state index contributed by atoms with van der Waals surface area (Å²) in [4.78, 5) is 14.4. The Kier molecular flexibility index (Phi) is 4.64. The Balaban J connectivity index is 1.24. The third-order valence-electron chi connectivity index (χ3n) is 5.69. The van der Waals surface area contributed by atoms with Crippen LogP contribution in [0.15, 0.2) is 51.7 Å². The highest BCUT2D eigenvalue weighted by atomic mass is 16.7. The molecule has 150 valence electrons. The van der Waals surface area contributed by atoms with Gasteiger partial charge in [-0.15, -0.1) is 0 Å². The van der Waals surface area contributed by atoms with Crippen molar-refractivity contribution in [3.8, 4) is 11.5 Å². The quantitative estimate of drug-likeness (QED) is 0.680. The smallest absolute Gasteiger partial charge is 0.338 e. The lowest BCUT2D eigenvalue weighted by Gasteiger charge is -2.33. The lowest BCUT2D eigenvalue weighted by atomic mass is 10.0. The fourth-order valence-electron chi connectivity index (χ4n) is 4.15. The average molecular weight is 392 g/mol. The lowest BCUT2D eigenvalue weighted by molar-refractivity contribution is 0.173. The number of nitrogens with one attached hydrogen (secondary N) is 1. The molecule has 0 amide bonds. The Morgan fingerprint density at radius 1 is 1.03 bits per heavy atom. The first-order valence-corrected chi connectivity index (χ1v) is 10.1. The minimum atomic E-state index is -0.316. The maximum atomic E-state index is 11.9. The van der Waals surface area contributed by atoms with Crippen molar-refractivity contribution in [3.63, 3.8) is 0 Å². The Labute approximate surface area is 169 Å². The van der Waals surface area contributed by atoms with Crippen molar-refractivity contribution in [2.45, 2.75) is 32.4 Å². The summed E-state index contributed by atoms with van der Waals surface area (Å²) in [6, 6.07) is 14.0. The molecule has 0 unspecified atom stereocenters. The van der Waals surface area contributed by atoms with E-state index < -0.39 is 0 Å². The molecular weight excluding hydrogens is 368 g/mol. The number of anilines is 1. The van der Waals surface area contributed by atoms with Gasteiger partial charge in [0.05, 0.1) is 5.69 Å². The van der Waals surface area contributed by atoms with Gasteiger partial charge >= 0.3 is 5.63 Å². The Hall–Kier alpha value is -2.99. The van der Waals surface area contributed by atoms with Gasteiger partial charge in [0, 0.05) is 37.1 Å². The molecular formula is C23H24N2O4. The molecule has 6 nitrogen and oxygen atoms in total. The highest BCUT2D eigenvalue weighted by Crippen LogP contribution is 2.33. The van der Waals surface area contributed by atoms with Crippen molar-refractivity contribution >= 4 is 16.7 Å². The topological polar surface area (TPSA) is 63.9 Å². The number of hydrogen-bond donors (Lipinski definition) is 1. The lowest BCUT2D eigenvalue weighted by Crippen LogP contribution is -2.38. The van der Waals surface area contributed by atoms with E-state index in [0.29, 0.717) is 18.4 Å². The maximum Gasteiger partial charge on any atom is 0.338 e. The molecule has 0 bridgehead atoms. The molecule has 6 heteroatoms. The minimum Gasteiger partial charge on any atom is -0.454 e. The van der Waals surface area contributed by atoms with Crippen molar-refractivity contribution in [3.05, 3.63) is 64.0 Å². The number of hydrogen-bond acceptors (Lipinski definition) is 6. The molecule has 0 radical (unpaired) electrons. The van der Waals surface area contributed by atoms with E-state index >= 15 is 0 Å². The van der Waals surface area contributed by atoms with Crippen LogP contribution in [0.5, 0.6) is 11.5 Å². The fraction of sp³-hybridized carbons (Fsp3) is 0.348.